The first-order valence-corrected chi connectivity index (χ1v) is 12.1. The van der Waals surface area contributed by atoms with Gasteiger partial charge in [0.15, 0.2) is 0 Å². The molecular weight excluding hydrogens is 420 g/mol. The molecule has 1 aromatic heterocycles. The van der Waals surface area contributed by atoms with E-state index >= 15 is 0 Å². The van der Waals surface area contributed by atoms with E-state index in [-0.39, 0.29) is 11.9 Å². The molecule has 1 N–H and O–H groups in total. The molecule has 30 heavy (non-hydrogen) atoms. The largest absolute Gasteiger partial charge is 0.457 e. The molecule has 1 saturated heterocycles. The quantitative estimate of drug-likeness (QED) is 0.623. The van der Waals surface area contributed by atoms with Gasteiger partial charge in [-0.25, -0.2) is 13.1 Å². The van der Waals surface area contributed by atoms with Gasteiger partial charge in [-0.05, 0) is 48.6 Å². The lowest BCUT2D eigenvalue weighted by Gasteiger charge is -2.32. The molecule has 6 nitrogen and oxygen atoms in total. The Labute approximate surface area is 180 Å². The van der Waals surface area contributed by atoms with Gasteiger partial charge in [-0.1, -0.05) is 36.4 Å². The van der Waals surface area contributed by atoms with Crippen LogP contribution in [0.25, 0.3) is 0 Å². The summed E-state index contributed by atoms with van der Waals surface area (Å²) in [6.45, 7) is 0.965. The van der Waals surface area contributed by atoms with E-state index in [2.05, 4.69) is 4.72 Å². The molecule has 2 aromatic carbocycles. The fraction of sp³-hybridized carbons (Fsp3) is 0.227. The van der Waals surface area contributed by atoms with E-state index in [1.165, 1.54) is 11.3 Å². The van der Waals surface area contributed by atoms with Crippen LogP contribution in [-0.2, 0) is 10.0 Å². The van der Waals surface area contributed by atoms with Crippen molar-refractivity contribution in [1.29, 1.82) is 0 Å². The second kappa shape index (κ2) is 8.99. The number of carbonyl (C=O) groups excluding carboxylic acids is 1. The number of para-hydroxylation sites is 2. The number of nitrogens with zero attached hydrogens (tertiary/aromatic N) is 1. The number of nitrogens with one attached hydrogen (secondary N) is 1. The Morgan fingerprint density at radius 2 is 1.67 bits per heavy atom. The van der Waals surface area contributed by atoms with Crippen molar-refractivity contribution in [3.63, 3.8) is 0 Å². The first kappa shape index (κ1) is 20.6. The number of thiophene rings is 1. The van der Waals surface area contributed by atoms with Crippen LogP contribution in [0.15, 0.2) is 76.3 Å². The molecule has 2 heterocycles. The maximum Gasteiger partial charge on any atom is 0.257 e. The summed E-state index contributed by atoms with van der Waals surface area (Å²) < 4.78 is 33.8. The van der Waals surface area contributed by atoms with Gasteiger partial charge in [0.1, 0.15) is 15.7 Å². The molecule has 0 atom stereocenters. The molecule has 1 aliphatic rings. The number of rotatable bonds is 6. The molecule has 1 amide bonds. The number of sulfonamides is 1. The van der Waals surface area contributed by atoms with Crippen molar-refractivity contribution in [3.8, 4) is 11.5 Å². The molecule has 0 spiro atoms. The third-order valence-corrected chi connectivity index (χ3v) is 7.87. The van der Waals surface area contributed by atoms with E-state index in [4.69, 9.17) is 4.74 Å². The van der Waals surface area contributed by atoms with E-state index < -0.39 is 10.0 Å². The van der Waals surface area contributed by atoms with Crippen LogP contribution in [-0.4, -0.2) is 38.4 Å². The van der Waals surface area contributed by atoms with Gasteiger partial charge in [0, 0.05) is 19.1 Å². The molecule has 3 aromatic rings. The van der Waals surface area contributed by atoms with Crippen molar-refractivity contribution >= 4 is 27.3 Å². The van der Waals surface area contributed by atoms with Crippen LogP contribution >= 0.6 is 11.3 Å². The van der Waals surface area contributed by atoms with E-state index in [1.54, 1.807) is 34.5 Å². The summed E-state index contributed by atoms with van der Waals surface area (Å²) in [5.74, 6) is 1.06. The van der Waals surface area contributed by atoms with Gasteiger partial charge >= 0.3 is 0 Å². The molecule has 0 unspecified atom stereocenters. The van der Waals surface area contributed by atoms with Gasteiger partial charge in [-0.2, -0.15) is 0 Å². The van der Waals surface area contributed by atoms with E-state index in [1.807, 2.05) is 42.5 Å². The van der Waals surface area contributed by atoms with Gasteiger partial charge in [-0.15, -0.1) is 11.3 Å². The third-order valence-electron chi connectivity index (χ3n) is 4.95. The van der Waals surface area contributed by atoms with Crippen LogP contribution in [0.2, 0.25) is 0 Å². The van der Waals surface area contributed by atoms with Gasteiger partial charge in [0.25, 0.3) is 5.91 Å². The zero-order valence-corrected chi connectivity index (χ0v) is 17.9. The van der Waals surface area contributed by atoms with Crippen LogP contribution in [0, 0.1) is 0 Å². The Morgan fingerprint density at radius 1 is 0.967 bits per heavy atom. The molecule has 0 saturated carbocycles. The van der Waals surface area contributed by atoms with Crippen molar-refractivity contribution in [2.24, 2.45) is 0 Å². The molecule has 0 radical (unpaired) electrons. The Balaban J connectivity index is 1.40. The SMILES string of the molecule is O=C(c1ccccc1Oc1ccccc1)N1CCC(NS(=O)(=O)c2cccs2)CC1. The highest BCUT2D eigenvalue weighted by Crippen LogP contribution is 2.27. The number of hydrogen-bond donors (Lipinski definition) is 1. The molecular formula is C22H22N2O4S2. The summed E-state index contributed by atoms with van der Waals surface area (Å²) in [6.07, 6.45) is 1.14. The molecule has 8 heteroatoms. The number of amides is 1. The maximum absolute atomic E-state index is 13.1. The second-order valence-corrected chi connectivity index (χ2v) is 9.92. The lowest BCUT2D eigenvalue weighted by Crippen LogP contribution is -2.46. The molecule has 4 rings (SSSR count). The Morgan fingerprint density at radius 3 is 2.37 bits per heavy atom. The minimum absolute atomic E-state index is 0.110. The first-order valence-electron chi connectivity index (χ1n) is 9.70. The summed E-state index contributed by atoms with van der Waals surface area (Å²) in [5.41, 5.74) is 0.499. The average Bonchev–Trinajstić information content (AvgIpc) is 3.31. The minimum Gasteiger partial charge on any atom is -0.457 e. The molecule has 0 bridgehead atoms. The predicted octanol–water partition coefficient (Wildman–Crippen LogP) is 4.12. The van der Waals surface area contributed by atoms with E-state index in [9.17, 15) is 13.2 Å². The topological polar surface area (TPSA) is 75.7 Å². The summed E-state index contributed by atoms with van der Waals surface area (Å²) >= 11 is 1.19. The first-order chi connectivity index (χ1) is 14.5. The summed E-state index contributed by atoms with van der Waals surface area (Å²) in [7, 11) is -3.50. The predicted molar refractivity (Wildman–Crippen MR) is 117 cm³/mol. The average molecular weight is 443 g/mol. The van der Waals surface area contributed by atoms with Crippen molar-refractivity contribution in [1.82, 2.24) is 9.62 Å². The fourth-order valence-corrected chi connectivity index (χ4v) is 5.73. The van der Waals surface area contributed by atoms with Crippen LogP contribution < -0.4 is 9.46 Å². The van der Waals surface area contributed by atoms with Crippen LogP contribution in [0.4, 0.5) is 0 Å². The monoisotopic (exact) mass is 442 g/mol. The van der Waals surface area contributed by atoms with Crippen molar-refractivity contribution < 1.29 is 17.9 Å². The van der Waals surface area contributed by atoms with Gasteiger partial charge in [0.05, 0.1) is 5.56 Å². The van der Waals surface area contributed by atoms with E-state index in [0.717, 1.165) is 0 Å². The lowest BCUT2D eigenvalue weighted by atomic mass is 10.0. The van der Waals surface area contributed by atoms with Gasteiger partial charge in [0.2, 0.25) is 10.0 Å². The zero-order valence-electron chi connectivity index (χ0n) is 16.2. The summed E-state index contributed by atoms with van der Waals surface area (Å²) in [5, 5.41) is 1.74. The number of benzene rings is 2. The minimum atomic E-state index is -3.50. The Kier molecular flexibility index (Phi) is 6.17. The summed E-state index contributed by atoms with van der Waals surface area (Å²) in [6, 6.07) is 19.6. The van der Waals surface area contributed by atoms with Crippen LogP contribution in [0.5, 0.6) is 11.5 Å². The number of piperidine rings is 1. The van der Waals surface area contributed by atoms with Crippen molar-refractivity contribution in [2.45, 2.75) is 23.1 Å². The highest BCUT2D eigenvalue weighted by atomic mass is 32.2. The zero-order chi connectivity index (χ0) is 21.0. The number of hydrogen-bond acceptors (Lipinski definition) is 5. The third kappa shape index (κ3) is 4.72. The standard InChI is InChI=1S/C22H22N2O4S2/c25-22(19-9-4-5-10-20(19)28-18-7-2-1-3-8-18)24-14-12-17(13-15-24)23-30(26,27)21-11-6-16-29-21/h1-11,16-17,23H,12-15H2. The molecule has 1 aliphatic heterocycles. The van der Waals surface area contributed by atoms with Crippen molar-refractivity contribution in [2.75, 3.05) is 13.1 Å². The van der Waals surface area contributed by atoms with Gasteiger partial charge in [-0.3, -0.25) is 4.79 Å². The fourth-order valence-electron chi connectivity index (χ4n) is 3.41. The van der Waals surface area contributed by atoms with Crippen molar-refractivity contribution in [3.05, 3.63) is 77.7 Å². The molecule has 156 valence electrons. The number of carbonyl (C=O) groups is 1. The summed E-state index contributed by atoms with van der Waals surface area (Å²) in [4.78, 5) is 14.9. The van der Waals surface area contributed by atoms with E-state index in [0.29, 0.717) is 47.2 Å². The molecule has 1 fully saturated rings. The molecule has 0 aliphatic carbocycles. The number of likely N-dealkylation sites (tertiary alicyclic amines) is 1. The normalized spacial score (nSPS) is 15.1. The maximum atomic E-state index is 13.1. The van der Waals surface area contributed by atoms with Crippen LogP contribution in [0.1, 0.15) is 23.2 Å². The smallest absolute Gasteiger partial charge is 0.257 e. The highest BCUT2D eigenvalue weighted by molar-refractivity contribution is 7.91. The second-order valence-electron chi connectivity index (χ2n) is 7.03. The van der Waals surface area contributed by atoms with Crippen LogP contribution in [0.3, 0.4) is 0 Å². The Bertz CT molecular complexity index is 1090. The number of ether oxygens (including phenoxy) is 1. The highest BCUT2D eigenvalue weighted by Gasteiger charge is 2.28. The Hall–Kier alpha value is -2.68. The lowest BCUT2D eigenvalue weighted by molar-refractivity contribution is 0.0708. The van der Waals surface area contributed by atoms with Gasteiger partial charge < -0.3 is 9.64 Å².